The highest BCUT2D eigenvalue weighted by atomic mass is 16.5. The summed E-state index contributed by atoms with van der Waals surface area (Å²) < 4.78 is 5.45. The van der Waals surface area contributed by atoms with Crippen LogP contribution in [-0.2, 0) is 4.79 Å². The number of hydrogen-bond donors (Lipinski definition) is 4. The second-order valence-corrected chi connectivity index (χ2v) is 4.38. The fourth-order valence-corrected chi connectivity index (χ4v) is 1.34. The summed E-state index contributed by atoms with van der Waals surface area (Å²) in [5.74, 6) is -0.701. The monoisotopic (exact) mass is 282 g/mol. The third-order valence-electron chi connectivity index (χ3n) is 2.22. The van der Waals surface area contributed by atoms with Crippen LogP contribution in [0.25, 0.3) is 0 Å². The third kappa shape index (κ3) is 5.57. The molecule has 0 fully saturated rings. The van der Waals surface area contributed by atoms with Gasteiger partial charge in [0.15, 0.2) is 6.10 Å². The molecule has 7 nitrogen and oxygen atoms in total. The van der Waals surface area contributed by atoms with Crippen molar-refractivity contribution in [3.8, 4) is 5.75 Å². The molecule has 2 amide bonds. The summed E-state index contributed by atoms with van der Waals surface area (Å²) in [5, 5.41) is 22.2. The van der Waals surface area contributed by atoms with Crippen molar-refractivity contribution in [2.75, 3.05) is 11.9 Å². The summed E-state index contributed by atoms with van der Waals surface area (Å²) in [4.78, 5) is 21.8. The summed E-state index contributed by atoms with van der Waals surface area (Å²) in [7, 11) is 0. The Balaban J connectivity index is 2.44. The maximum atomic E-state index is 11.4. The Morgan fingerprint density at radius 3 is 2.35 bits per heavy atom. The van der Waals surface area contributed by atoms with Crippen LogP contribution in [0.4, 0.5) is 10.5 Å². The van der Waals surface area contributed by atoms with E-state index in [1.165, 1.54) is 0 Å². The molecule has 0 aliphatic rings. The molecular formula is C13H18N2O5. The van der Waals surface area contributed by atoms with Gasteiger partial charge in [-0.05, 0) is 38.1 Å². The van der Waals surface area contributed by atoms with E-state index in [0.29, 0.717) is 11.4 Å². The molecule has 1 aromatic rings. The van der Waals surface area contributed by atoms with E-state index in [1.54, 1.807) is 24.3 Å². The van der Waals surface area contributed by atoms with Gasteiger partial charge in [-0.1, -0.05) is 0 Å². The zero-order valence-electron chi connectivity index (χ0n) is 11.3. The van der Waals surface area contributed by atoms with Crippen LogP contribution in [0.5, 0.6) is 5.75 Å². The van der Waals surface area contributed by atoms with E-state index in [1.807, 2.05) is 13.8 Å². The Labute approximate surface area is 116 Å². The lowest BCUT2D eigenvalue weighted by atomic mass is 10.3. The average Bonchev–Trinajstić information content (AvgIpc) is 2.37. The topological polar surface area (TPSA) is 108 Å². The minimum Gasteiger partial charge on any atom is -0.491 e. The van der Waals surface area contributed by atoms with Crippen molar-refractivity contribution in [3.63, 3.8) is 0 Å². The number of amides is 2. The van der Waals surface area contributed by atoms with Crippen molar-refractivity contribution >= 4 is 17.7 Å². The first kappa shape index (κ1) is 15.8. The average molecular weight is 282 g/mol. The highest BCUT2D eigenvalue weighted by Crippen LogP contribution is 2.16. The molecule has 20 heavy (non-hydrogen) atoms. The number of hydrogen-bond acceptors (Lipinski definition) is 4. The van der Waals surface area contributed by atoms with Gasteiger partial charge in [-0.2, -0.15) is 0 Å². The lowest BCUT2D eigenvalue weighted by Crippen LogP contribution is -2.38. The highest BCUT2D eigenvalue weighted by molar-refractivity contribution is 5.89. The Morgan fingerprint density at radius 2 is 1.85 bits per heavy atom. The largest absolute Gasteiger partial charge is 0.491 e. The van der Waals surface area contributed by atoms with Gasteiger partial charge in [0.2, 0.25) is 0 Å². The number of nitrogens with one attached hydrogen (secondary N) is 2. The molecule has 1 atom stereocenters. The molecule has 0 aromatic heterocycles. The summed E-state index contributed by atoms with van der Waals surface area (Å²) in [6.45, 7) is 3.45. The Hall–Kier alpha value is -2.28. The molecule has 0 unspecified atom stereocenters. The third-order valence-corrected chi connectivity index (χ3v) is 2.22. The number of aliphatic hydroxyl groups is 1. The summed E-state index contributed by atoms with van der Waals surface area (Å²) in [5.41, 5.74) is 0.531. The van der Waals surface area contributed by atoms with E-state index in [4.69, 9.17) is 14.9 Å². The van der Waals surface area contributed by atoms with Gasteiger partial charge in [-0.15, -0.1) is 0 Å². The molecule has 7 heteroatoms. The predicted octanol–water partition coefficient (Wildman–Crippen LogP) is 1.04. The maximum absolute atomic E-state index is 11.4. The summed E-state index contributed by atoms with van der Waals surface area (Å²) in [6, 6.07) is 6.14. The smallest absolute Gasteiger partial charge is 0.334 e. The normalized spacial score (nSPS) is 11.8. The van der Waals surface area contributed by atoms with Crippen LogP contribution in [-0.4, -0.2) is 41.0 Å². The van der Waals surface area contributed by atoms with Gasteiger partial charge in [0, 0.05) is 5.69 Å². The van der Waals surface area contributed by atoms with E-state index in [-0.39, 0.29) is 12.6 Å². The first-order chi connectivity index (χ1) is 9.38. The standard InChI is InChI=1S/C13H18N2O5/c1-8(2)20-10-5-3-9(4-6-10)15-13(19)14-7-11(16)12(17)18/h3-6,8,11,16H,7H2,1-2H3,(H,17,18)(H2,14,15,19)/t11-/m0/s1. The highest BCUT2D eigenvalue weighted by Gasteiger charge is 2.13. The minimum absolute atomic E-state index is 0.0645. The molecule has 1 rings (SSSR count). The Kier molecular flexibility index (Phi) is 5.79. The maximum Gasteiger partial charge on any atom is 0.334 e. The van der Waals surface area contributed by atoms with Crippen LogP contribution in [0.3, 0.4) is 0 Å². The van der Waals surface area contributed by atoms with Crippen LogP contribution in [0.2, 0.25) is 0 Å². The zero-order valence-corrected chi connectivity index (χ0v) is 11.3. The SMILES string of the molecule is CC(C)Oc1ccc(NC(=O)NC[C@H](O)C(=O)O)cc1. The molecule has 0 radical (unpaired) electrons. The van der Waals surface area contributed by atoms with Crippen molar-refractivity contribution in [3.05, 3.63) is 24.3 Å². The minimum atomic E-state index is -1.62. The fraction of sp³-hybridized carbons (Fsp3) is 0.385. The van der Waals surface area contributed by atoms with Gasteiger partial charge in [0.05, 0.1) is 12.6 Å². The van der Waals surface area contributed by atoms with Crippen LogP contribution < -0.4 is 15.4 Å². The van der Waals surface area contributed by atoms with Gasteiger partial charge in [-0.3, -0.25) is 0 Å². The zero-order chi connectivity index (χ0) is 15.1. The van der Waals surface area contributed by atoms with Crippen LogP contribution in [0.15, 0.2) is 24.3 Å². The van der Waals surface area contributed by atoms with Gasteiger partial charge >= 0.3 is 12.0 Å². The summed E-state index contributed by atoms with van der Waals surface area (Å²) >= 11 is 0. The number of ether oxygens (including phenoxy) is 1. The lowest BCUT2D eigenvalue weighted by Gasteiger charge is -2.11. The van der Waals surface area contributed by atoms with Gasteiger partial charge < -0.3 is 25.6 Å². The molecule has 0 heterocycles. The molecular weight excluding hydrogens is 264 g/mol. The first-order valence-electron chi connectivity index (χ1n) is 6.11. The first-order valence-corrected chi connectivity index (χ1v) is 6.11. The molecule has 1 aromatic carbocycles. The molecule has 0 saturated heterocycles. The molecule has 0 bridgehead atoms. The Bertz CT molecular complexity index is 458. The molecule has 4 N–H and O–H groups in total. The van der Waals surface area contributed by atoms with Crippen LogP contribution in [0.1, 0.15) is 13.8 Å². The van der Waals surface area contributed by atoms with Crippen molar-refractivity contribution in [1.29, 1.82) is 0 Å². The number of carboxylic acid groups (broad SMARTS) is 1. The number of anilines is 1. The number of aliphatic hydroxyl groups excluding tert-OH is 1. The number of rotatable bonds is 6. The molecule has 0 aliphatic carbocycles. The molecule has 110 valence electrons. The second-order valence-electron chi connectivity index (χ2n) is 4.38. The van der Waals surface area contributed by atoms with Crippen molar-refractivity contribution in [2.45, 2.75) is 26.1 Å². The molecule has 0 aliphatic heterocycles. The van der Waals surface area contributed by atoms with E-state index < -0.39 is 18.1 Å². The van der Waals surface area contributed by atoms with E-state index >= 15 is 0 Å². The number of aliphatic carboxylic acids is 1. The number of urea groups is 1. The quantitative estimate of drug-likeness (QED) is 0.623. The van der Waals surface area contributed by atoms with Crippen molar-refractivity contribution in [2.24, 2.45) is 0 Å². The van der Waals surface area contributed by atoms with E-state index in [2.05, 4.69) is 10.6 Å². The fourth-order valence-electron chi connectivity index (χ4n) is 1.34. The lowest BCUT2D eigenvalue weighted by molar-refractivity contribution is -0.146. The van der Waals surface area contributed by atoms with Crippen molar-refractivity contribution in [1.82, 2.24) is 5.32 Å². The van der Waals surface area contributed by atoms with Crippen LogP contribution >= 0.6 is 0 Å². The van der Waals surface area contributed by atoms with Crippen LogP contribution in [0, 0.1) is 0 Å². The van der Waals surface area contributed by atoms with Gasteiger partial charge in [-0.25, -0.2) is 9.59 Å². The van der Waals surface area contributed by atoms with Gasteiger partial charge in [0.1, 0.15) is 5.75 Å². The number of benzene rings is 1. The van der Waals surface area contributed by atoms with Gasteiger partial charge in [0.25, 0.3) is 0 Å². The van der Waals surface area contributed by atoms with E-state index in [9.17, 15) is 9.59 Å². The number of carbonyl (C=O) groups is 2. The predicted molar refractivity (Wildman–Crippen MR) is 72.9 cm³/mol. The summed E-state index contributed by atoms with van der Waals surface area (Å²) in [6.07, 6.45) is -1.56. The Morgan fingerprint density at radius 1 is 1.25 bits per heavy atom. The number of carboxylic acids is 1. The molecule has 0 spiro atoms. The van der Waals surface area contributed by atoms with E-state index in [0.717, 1.165) is 0 Å². The number of carbonyl (C=O) groups excluding carboxylic acids is 1. The molecule has 0 saturated carbocycles. The second kappa shape index (κ2) is 7.34. The van der Waals surface area contributed by atoms with Crippen molar-refractivity contribution < 1.29 is 24.5 Å².